The molecule has 1 amide bonds. The molecule has 0 aliphatic carbocycles. The third-order valence-electron chi connectivity index (χ3n) is 3.70. The zero-order valence-corrected chi connectivity index (χ0v) is 14.7. The third kappa shape index (κ3) is 4.63. The minimum Gasteiger partial charge on any atom is -0.484 e. The van der Waals surface area contributed by atoms with Crippen LogP contribution in [0.4, 0.5) is 4.39 Å². The summed E-state index contributed by atoms with van der Waals surface area (Å²) in [7, 11) is 0. The predicted molar refractivity (Wildman–Crippen MR) is 97.8 cm³/mol. The maximum Gasteiger partial charge on any atom is 0.257 e. The Bertz CT molecular complexity index is 997. The van der Waals surface area contributed by atoms with Gasteiger partial charge >= 0.3 is 0 Å². The summed E-state index contributed by atoms with van der Waals surface area (Å²) in [6, 6.07) is 9.95. The summed E-state index contributed by atoms with van der Waals surface area (Å²) in [5.41, 5.74) is -0.0641. The van der Waals surface area contributed by atoms with Gasteiger partial charge in [-0.1, -0.05) is 6.92 Å². The van der Waals surface area contributed by atoms with Gasteiger partial charge in [-0.15, -0.1) is 0 Å². The lowest BCUT2D eigenvalue weighted by Crippen LogP contribution is -2.29. The van der Waals surface area contributed by atoms with Gasteiger partial charge in [-0.3, -0.25) is 9.59 Å². The van der Waals surface area contributed by atoms with E-state index in [4.69, 9.17) is 13.9 Å². The van der Waals surface area contributed by atoms with Gasteiger partial charge in [0.15, 0.2) is 6.61 Å². The highest BCUT2D eigenvalue weighted by atomic mass is 19.1. The minimum atomic E-state index is -0.399. The van der Waals surface area contributed by atoms with E-state index in [0.717, 1.165) is 6.42 Å². The standard InChI is InChI=1S/C20H18FNO5/c1-2-9-22-19(23)12-25-15-7-8-16-17(10-15)26-11-18(20(16)24)27-14-5-3-13(21)4-6-14/h3-8,10-11H,2,9,12H2,1H3,(H,22,23). The molecule has 0 aliphatic heterocycles. The van der Waals surface area contributed by atoms with Crippen LogP contribution in [0, 0.1) is 5.82 Å². The van der Waals surface area contributed by atoms with Gasteiger partial charge in [0.1, 0.15) is 29.2 Å². The first kappa shape index (κ1) is 18.4. The van der Waals surface area contributed by atoms with Crippen LogP contribution in [-0.4, -0.2) is 19.1 Å². The van der Waals surface area contributed by atoms with Crippen LogP contribution in [0.2, 0.25) is 0 Å². The SMILES string of the molecule is CCCNC(=O)COc1ccc2c(=O)c(Oc3ccc(F)cc3)coc2c1. The summed E-state index contributed by atoms with van der Waals surface area (Å²) >= 11 is 0. The number of hydrogen-bond donors (Lipinski definition) is 1. The van der Waals surface area contributed by atoms with Crippen molar-refractivity contribution in [2.24, 2.45) is 0 Å². The van der Waals surface area contributed by atoms with Crippen LogP contribution in [0.15, 0.2) is 57.9 Å². The summed E-state index contributed by atoms with van der Waals surface area (Å²) in [6.45, 7) is 2.42. The molecule has 7 heteroatoms. The molecule has 0 fully saturated rings. The van der Waals surface area contributed by atoms with Crippen LogP contribution in [0.1, 0.15) is 13.3 Å². The number of amides is 1. The number of nitrogens with one attached hydrogen (secondary N) is 1. The second-order valence-electron chi connectivity index (χ2n) is 5.78. The Labute approximate surface area is 154 Å². The Morgan fingerprint density at radius 3 is 2.63 bits per heavy atom. The Morgan fingerprint density at radius 1 is 1.15 bits per heavy atom. The zero-order valence-electron chi connectivity index (χ0n) is 14.7. The lowest BCUT2D eigenvalue weighted by Gasteiger charge is -2.08. The van der Waals surface area contributed by atoms with Crippen molar-refractivity contribution in [3.63, 3.8) is 0 Å². The fourth-order valence-corrected chi connectivity index (χ4v) is 2.35. The molecule has 140 valence electrons. The molecule has 1 heterocycles. The molecule has 27 heavy (non-hydrogen) atoms. The highest BCUT2D eigenvalue weighted by molar-refractivity contribution is 5.80. The number of ether oxygens (including phenoxy) is 2. The maximum absolute atomic E-state index is 13.0. The molecule has 0 aliphatic rings. The first-order valence-corrected chi connectivity index (χ1v) is 8.45. The van der Waals surface area contributed by atoms with Crippen molar-refractivity contribution in [2.45, 2.75) is 13.3 Å². The van der Waals surface area contributed by atoms with Crippen LogP contribution in [0.25, 0.3) is 11.0 Å². The molecule has 0 saturated carbocycles. The Kier molecular flexibility index (Phi) is 5.71. The van der Waals surface area contributed by atoms with E-state index < -0.39 is 5.82 Å². The van der Waals surface area contributed by atoms with Crippen molar-refractivity contribution in [2.75, 3.05) is 13.2 Å². The van der Waals surface area contributed by atoms with Crippen LogP contribution in [0.3, 0.4) is 0 Å². The zero-order chi connectivity index (χ0) is 19.2. The lowest BCUT2D eigenvalue weighted by atomic mass is 10.2. The average Bonchev–Trinajstić information content (AvgIpc) is 2.68. The van der Waals surface area contributed by atoms with E-state index in [1.54, 1.807) is 6.07 Å². The molecule has 2 aromatic carbocycles. The molecule has 1 aromatic heterocycles. The Balaban J connectivity index is 1.76. The van der Waals surface area contributed by atoms with Gasteiger partial charge in [-0.2, -0.15) is 0 Å². The molecule has 0 atom stereocenters. The quantitative estimate of drug-likeness (QED) is 0.686. The monoisotopic (exact) mass is 371 g/mol. The molecule has 0 unspecified atom stereocenters. The number of benzene rings is 2. The summed E-state index contributed by atoms with van der Waals surface area (Å²) < 4.78 is 29.3. The van der Waals surface area contributed by atoms with Crippen molar-refractivity contribution in [1.29, 1.82) is 0 Å². The van der Waals surface area contributed by atoms with Gasteiger partial charge < -0.3 is 19.2 Å². The molecule has 0 radical (unpaired) electrons. The number of carbonyl (C=O) groups is 1. The number of fused-ring (bicyclic) bond motifs is 1. The van der Waals surface area contributed by atoms with Crippen molar-refractivity contribution in [3.8, 4) is 17.2 Å². The lowest BCUT2D eigenvalue weighted by molar-refractivity contribution is -0.123. The van der Waals surface area contributed by atoms with Gasteiger partial charge in [0.05, 0.1) is 5.39 Å². The first-order chi connectivity index (χ1) is 13.1. The van der Waals surface area contributed by atoms with Gasteiger partial charge in [0.2, 0.25) is 11.2 Å². The van der Waals surface area contributed by atoms with E-state index in [1.807, 2.05) is 6.92 Å². The van der Waals surface area contributed by atoms with Crippen LogP contribution < -0.4 is 20.2 Å². The van der Waals surface area contributed by atoms with E-state index in [-0.39, 0.29) is 23.7 Å². The summed E-state index contributed by atoms with van der Waals surface area (Å²) in [5, 5.41) is 3.01. The molecule has 0 saturated heterocycles. The van der Waals surface area contributed by atoms with E-state index in [0.29, 0.717) is 29.0 Å². The molecular weight excluding hydrogens is 353 g/mol. The first-order valence-electron chi connectivity index (χ1n) is 8.45. The highest BCUT2D eigenvalue weighted by Gasteiger charge is 2.11. The largest absolute Gasteiger partial charge is 0.484 e. The van der Waals surface area contributed by atoms with Gasteiger partial charge in [-0.05, 0) is 42.8 Å². The second kappa shape index (κ2) is 8.35. The fourth-order valence-electron chi connectivity index (χ4n) is 2.35. The molecule has 0 spiro atoms. The second-order valence-corrected chi connectivity index (χ2v) is 5.78. The van der Waals surface area contributed by atoms with Crippen molar-refractivity contribution in [3.05, 3.63) is 64.8 Å². The number of rotatable bonds is 7. The summed E-state index contributed by atoms with van der Waals surface area (Å²) in [6.07, 6.45) is 2.03. The van der Waals surface area contributed by atoms with E-state index in [2.05, 4.69) is 5.32 Å². The Morgan fingerprint density at radius 2 is 1.89 bits per heavy atom. The number of hydrogen-bond acceptors (Lipinski definition) is 5. The maximum atomic E-state index is 13.0. The van der Waals surface area contributed by atoms with Gasteiger partial charge in [-0.25, -0.2) is 4.39 Å². The molecule has 3 rings (SSSR count). The topological polar surface area (TPSA) is 77.8 Å². The fraction of sp³-hybridized carbons (Fsp3) is 0.200. The normalized spacial score (nSPS) is 10.6. The molecule has 3 aromatic rings. The Hall–Kier alpha value is -3.35. The van der Waals surface area contributed by atoms with E-state index in [9.17, 15) is 14.0 Å². The molecular formula is C20H18FNO5. The van der Waals surface area contributed by atoms with Crippen LogP contribution >= 0.6 is 0 Å². The van der Waals surface area contributed by atoms with Crippen LogP contribution in [0.5, 0.6) is 17.2 Å². The smallest absolute Gasteiger partial charge is 0.257 e. The van der Waals surface area contributed by atoms with E-state index in [1.165, 1.54) is 42.7 Å². The van der Waals surface area contributed by atoms with Gasteiger partial charge in [0.25, 0.3) is 5.91 Å². The molecule has 6 nitrogen and oxygen atoms in total. The third-order valence-corrected chi connectivity index (χ3v) is 3.70. The molecule has 0 bridgehead atoms. The highest BCUT2D eigenvalue weighted by Crippen LogP contribution is 2.24. The van der Waals surface area contributed by atoms with Crippen LogP contribution in [-0.2, 0) is 4.79 Å². The number of carbonyl (C=O) groups excluding carboxylic acids is 1. The van der Waals surface area contributed by atoms with Crippen molar-refractivity contribution < 1.29 is 23.1 Å². The number of halogens is 1. The van der Waals surface area contributed by atoms with Crippen molar-refractivity contribution in [1.82, 2.24) is 5.32 Å². The minimum absolute atomic E-state index is 0.0123. The van der Waals surface area contributed by atoms with Gasteiger partial charge in [0, 0.05) is 12.6 Å². The average molecular weight is 371 g/mol. The summed E-state index contributed by atoms with van der Waals surface area (Å²) in [5.74, 6) is 0.0950. The summed E-state index contributed by atoms with van der Waals surface area (Å²) in [4.78, 5) is 24.1. The van der Waals surface area contributed by atoms with Crippen molar-refractivity contribution >= 4 is 16.9 Å². The molecule has 1 N–H and O–H groups in total. The predicted octanol–water partition coefficient (Wildman–Crippen LogP) is 3.63. The van der Waals surface area contributed by atoms with E-state index >= 15 is 0 Å².